The van der Waals surface area contributed by atoms with Crippen molar-refractivity contribution in [1.29, 1.82) is 0 Å². The minimum Gasteiger partial charge on any atom is -0.365 e. The van der Waals surface area contributed by atoms with Crippen molar-refractivity contribution >= 4 is 39.4 Å². The first-order chi connectivity index (χ1) is 13.6. The molecule has 1 aromatic heterocycles. The van der Waals surface area contributed by atoms with E-state index in [0.29, 0.717) is 11.3 Å². The number of carbonyl (C=O) groups excluding carboxylic acids is 1. The maximum absolute atomic E-state index is 12.8. The molecular weight excluding hydrogens is 388 g/mol. The molecule has 0 fully saturated rings. The van der Waals surface area contributed by atoms with Gasteiger partial charge >= 0.3 is 0 Å². The molecule has 4 rings (SSSR count). The molecule has 0 saturated carbocycles. The van der Waals surface area contributed by atoms with Crippen molar-refractivity contribution in [2.24, 2.45) is 0 Å². The predicted molar refractivity (Wildman–Crippen MR) is 118 cm³/mol. The molecule has 0 bridgehead atoms. The van der Waals surface area contributed by atoms with E-state index in [1.807, 2.05) is 47.7 Å². The number of fused-ring (bicyclic) bond motifs is 1. The number of anilines is 2. The van der Waals surface area contributed by atoms with Crippen LogP contribution >= 0.6 is 11.3 Å². The standard InChI is InChI=1S/C22H22N2O2S2/c1-28(26)15-16-5-4-6-17(13-16)22(25)23-19-7-2-3-8-20(19)24-11-9-21-18(14-24)10-12-27-21/h2-8,10,12-13H,9,11,14-15H2,1H3,(H,23,25)/t28-/m0/s1. The van der Waals surface area contributed by atoms with Gasteiger partial charge < -0.3 is 10.2 Å². The molecule has 0 spiro atoms. The van der Waals surface area contributed by atoms with E-state index in [0.717, 1.165) is 36.4 Å². The summed E-state index contributed by atoms with van der Waals surface area (Å²) in [6.07, 6.45) is 2.70. The lowest BCUT2D eigenvalue weighted by molar-refractivity contribution is 0.102. The van der Waals surface area contributed by atoms with Crippen molar-refractivity contribution < 1.29 is 9.00 Å². The highest BCUT2D eigenvalue weighted by Crippen LogP contribution is 2.32. The molecule has 1 atom stereocenters. The van der Waals surface area contributed by atoms with Gasteiger partial charge in [0.2, 0.25) is 0 Å². The Bertz CT molecular complexity index is 1030. The summed E-state index contributed by atoms with van der Waals surface area (Å²) in [6.45, 7) is 1.81. The zero-order valence-electron chi connectivity index (χ0n) is 15.7. The quantitative estimate of drug-likeness (QED) is 0.676. The summed E-state index contributed by atoms with van der Waals surface area (Å²) in [4.78, 5) is 16.6. The summed E-state index contributed by atoms with van der Waals surface area (Å²) in [6, 6.07) is 17.5. The molecule has 2 heterocycles. The number of nitrogens with one attached hydrogen (secondary N) is 1. The number of carbonyl (C=O) groups is 1. The lowest BCUT2D eigenvalue weighted by Crippen LogP contribution is -2.30. The summed E-state index contributed by atoms with van der Waals surface area (Å²) < 4.78 is 11.5. The second-order valence-corrected chi connectivity index (χ2v) is 9.37. The Labute approximate surface area is 171 Å². The van der Waals surface area contributed by atoms with Gasteiger partial charge in [-0.15, -0.1) is 11.3 Å². The van der Waals surface area contributed by atoms with Crippen LogP contribution in [0, 0.1) is 0 Å². The van der Waals surface area contributed by atoms with Crippen LogP contribution in [0.3, 0.4) is 0 Å². The highest BCUT2D eigenvalue weighted by atomic mass is 32.2. The molecule has 0 saturated heterocycles. The molecule has 1 aliphatic heterocycles. The van der Waals surface area contributed by atoms with E-state index in [1.54, 1.807) is 12.3 Å². The molecule has 0 unspecified atom stereocenters. The smallest absolute Gasteiger partial charge is 0.255 e. The monoisotopic (exact) mass is 410 g/mol. The molecule has 144 valence electrons. The summed E-state index contributed by atoms with van der Waals surface area (Å²) >= 11 is 1.82. The van der Waals surface area contributed by atoms with Crippen LogP contribution < -0.4 is 10.2 Å². The van der Waals surface area contributed by atoms with E-state index in [9.17, 15) is 9.00 Å². The molecule has 28 heavy (non-hydrogen) atoms. The minimum absolute atomic E-state index is 0.149. The normalized spacial score (nSPS) is 14.4. The molecular formula is C22H22N2O2S2. The second-order valence-electron chi connectivity index (χ2n) is 6.93. The molecule has 1 aliphatic rings. The van der Waals surface area contributed by atoms with Gasteiger partial charge in [0, 0.05) is 46.3 Å². The number of rotatable bonds is 5. The SMILES string of the molecule is C[S@](=O)Cc1cccc(C(=O)Nc2ccccc2N2CCc3sccc3C2)c1. The average Bonchev–Trinajstić information content (AvgIpc) is 3.16. The number of hydrogen-bond donors (Lipinski definition) is 1. The third-order valence-corrected chi connectivity index (χ3v) is 6.62. The lowest BCUT2D eigenvalue weighted by Gasteiger charge is -2.30. The fraction of sp³-hybridized carbons (Fsp3) is 0.227. The van der Waals surface area contributed by atoms with Crippen LogP contribution in [0.2, 0.25) is 0 Å². The van der Waals surface area contributed by atoms with E-state index in [4.69, 9.17) is 0 Å². The van der Waals surface area contributed by atoms with E-state index >= 15 is 0 Å². The van der Waals surface area contributed by atoms with Crippen LogP contribution in [-0.4, -0.2) is 22.9 Å². The minimum atomic E-state index is -0.935. The van der Waals surface area contributed by atoms with Crippen LogP contribution in [0.1, 0.15) is 26.4 Å². The van der Waals surface area contributed by atoms with Crippen LogP contribution in [-0.2, 0) is 29.5 Å². The van der Waals surface area contributed by atoms with E-state index in [2.05, 4.69) is 27.7 Å². The van der Waals surface area contributed by atoms with Crippen LogP contribution in [0.4, 0.5) is 11.4 Å². The fourth-order valence-electron chi connectivity index (χ4n) is 3.54. The maximum atomic E-state index is 12.8. The van der Waals surface area contributed by atoms with Gasteiger partial charge in [-0.25, -0.2) is 0 Å². The van der Waals surface area contributed by atoms with Gasteiger partial charge in [0.25, 0.3) is 5.91 Å². The van der Waals surface area contributed by atoms with Gasteiger partial charge in [-0.2, -0.15) is 0 Å². The fourth-order valence-corrected chi connectivity index (χ4v) is 5.08. The van der Waals surface area contributed by atoms with Crippen molar-refractivity contribution in [3.05, 3.63) is 81.5 Å². The molecule has 0 radical (unpaired) electrons. The number of amides is 1. The van der Waals surface area contributed by atoms with Crippen molar-refractivity contribution in [2.75, 3.05) is 23.0 Å². The van der Waals surface area contributed by atoms with Crippen molar-refractivity contribution in [2.45, 2.75) is 18.7 Å². The Morgan fingerprint density at radius 2 is 2.04 bits per heavy atom. The lowest BCUT2D eigenvalue weighted by atomic mass is 10.1. The highest BCUT2D eigenvalue weighted by molar-refractivity contribution is 7.83. The van der Waals surface area contributed by atoms with E-state index in [1.165, 1.54) is 10.4 Å². The Hall–Kier alpha value is -2.44. The molecule has 1 amide bonds. The number of thiophene rings is 1. The largest absolute Gasteiger partial charge is 0.365 e. The maximum Gasteiger partial charge on any atom is 0.255 e. The second kappa shape index (κ2) is 8.29. The van der Waals surface area contributed by atoms with Gasteiger partial charge in [0.05, 0.1) is 11.4 Å². The number of nitrogens with zero attached hydrogens (tertiary/aromatic N) is 1. The summed E-state index contributed by atoms with van der Waals surface area (Å²) in [5.41, 5.74) is 4.71. The summed E-state index contributed by atoms with van der Waals surface area (Å²) in [5.74, 6) is 0.304. The Morgan fingerprint density at radius 1 is 1.18 bits per heavy atom. The number of para-hydroxylation sites is 2. The van der Waals surface area contributed by atoms with Crippen molar-refractivity contribution in [1.82, 2.24) is 0 Å². The summed E-state index contributed by atoms with van der Waals surface area (Å²) in [5, 5.41) is 5.22. The van der Waals surface area contributed by atoms with E-state index in [-0.39, 0.29) is 5.91 Å². The molecule has 2 aromatic carbocycles. The zero-order chi connectivity index (χ0) is 19.5. The van der Waals surface area contributed by atoms with Gasteiger partial charge in [-0.3, -0.25) is 9.00 Å². The van der Waals surface area contributed by atoms with Gasteiger partial charge in [0.15, 0.2) is 0 Å². The van der Waals surface area contributed by atoms with Crippen LogP contribution in [0.15, 0.2) is 60.0 Å². The zero-order valence-corrected chi connectivity index (χ0v) is 17.3. The predicted octanol–water partition coefficient (Wildman–Crippen LogP) is 4.44. The van der Waals surface area contributed by atoms with Gasteiger partial charge in [0.1, 0.15) is 0 Å². The third kappa shape index (κ3) is 4.18. The first kappa shape index (κ1) is 18.9. The number of benzene rings is 2. The molecule has 1 N–H and O–H groups in total. The number of hydrogen-bond acceptors (Lipinski definition) is 4. The van der Waals surface area contributed by atoms with Crippen molar-refractivity contribution in [3.8, 4) is 0 Å². The Kier molecular flexibility index (Phi) is 5.59. The molecule has 4 nitrogen and oxygen atoms in total. The summed E-state index contributed by atoms with van der Waals surface area (Å²) in [7, 11) is -0.935. The van der Waals surface area contributed by atoms with Crippen molar-refractivity contribution in [3.63, 3.8) is 0 Å². The molecule has 6 heteroatoms. The molecule has 0 aliphatic carbocycles. The van der Waals surface area contributed by atoms with Gasteiger partial charge in [-0.1, -0.05) is 24.3 Å². The van der Waals surface area contributed by atoms with Crippen LogP contribution in [0.5, 0.6) is 0 Å². The molecule has 3 aromatic rings. The first-order valence-electron chi connectivity index (χ1n) is 9.19. The Balaban J connectivity index is 1.55. The van der Waals surface area contributed by atoms with E-state index < -0.39 is 10.8 Å². The van der Waals surface area contributed by atoms with Crippen LogP contribution in [0.25, 0.3) is 0 Å². The topological polar surface area (TPSA) is 49.4 Å². The third-order valence-electron chi connectivity index (χ3n) is 4.86. The Morgan fingerprint density at radius 3 is 2.89 bits per heavy atom. The average molecular weight is 411 g/mol. The first-order valence-corrected chi connectivity index (χ1v) is 11.8. The van der Waals surface area contributed by atoms with Gasteiger partial charge in [-0.05, 0) is 53.3 Å². The highest BCUT2D eigenvalue weighted by Gasteiger charge is 2.20.